The Morgan fingerprint density at radius 2 is 2.00 bits per heavy atom. The number of anilines is 2. The lowest BCUT2D eigenvalue weighted by molar-refractivity contribution is -0.124. The summed E-state index contributed by atoms with van der Waals surface area (Å²) in [5.41, 5.74) is 2.75. The lowest BCUT2D eigenvalue weighted by atomic mass is 10.1. The number of fused-ring (bicyclic) bond motifs is 1. The maximum Gasteiger partial charge on any atom is 0.254 e. The van der Waals surface area contributed by atoms with Gasteiger partial charge in [-0.2, -0.15) is 19.6 Å². The fourth-order valence-corrected chi connectivity index (χ4v) is 3.16. The van der Waals surface area contributed by atoms with E-state index in [9.17, 15) is 9.59 Å². The summed E-state index contributed by atoms with van der Waals surface area (Å²) in [7, 11) is 0. The van der Waals surface area contributed by atoms with Gasteiger partial charge in [0.2, 0.25) is 17.8 Å². The quantitative estimate of drug-likeness (QED) is 0.435. The lowest BCUT2D eigenvalue weighted by Gasteiger charge is -2.10. The molecule has 2 amide bonds. The van der Waals surface area contributed by atoms with Crippen molar-refractivity contribution < 1.29 is 9.59 Å². The molecule has 9 nitrogen and oxygen atoms in total. The molecule has 3 heterocycles. The summed E-state index contributed by atoms with van der Waals surface area (Å²) in [5, 5.41) is 13.3. The van der Waals surface area contributed by atoms with Crippen molar-refractivity contribution in [3.63, 3.8) is 0 Å². The van der Waals surface area contributed by atoms with Crippen LogP contribution in [-0.4, -0.2) is 37.4 Å². The second-order valence-electron chi connectivity index (χ2n) is 7.19. The third-order valence-electron chi connectivity index (χ3n) is 4.82. The van der Waals surface area contributed by atoms with Gasteiger partial charge in [-0.25, -0.2) is 0 Å². The number of rotatable bonds is 6. The molecule has 2 aliphatic rings. The van der Waals surface area contributed by atoms with Crippen molar-refractivity contribution in [1.82, 2.24) is 24.9 Å². The first-order valence-electron chi connectivity index (χ1n) is 9.50. The molecule has 2 aromatic heterocycles. The Balaban J connectivity index is 1.51. The average molecular weight is 389 g/mol. The standard InChI is InChI=1S/C20H19N7O2/c28-16-9-13(18(29)24-16)8-14-11-22-27-17(14)25-19(26-20(27)23-15-6-7-15)21-10-12-4-2-1-3-5-12/h1-5,8,11,15H,6-7,9-10H2,(H,24,28,29)(H2,21,23,25,26)/b13-8+. The number of hydrogen-bond acceptors (Lipinski definition) is 7. The van der Waals surface area contributed by atoms with E-state index in [0.29, 0.717) is 41.3 Å². The molecular formula is C20H19N7O2. The molecule has 146 valence electrons. The van der Waals surface area contributed by atoms with Crippen molar-refractivity contribution in [1.29, 1.82) is 0 Å². The SMILES string of the molecule is O=C1C/C(=C\c2cnn3c(NC4CC4)nc(NCc4ccccc4)nc23)C(=O)N1. The van der Waals surface area contributed by atoms with Crippen LogP contribution in [0, 0.1) is 0 Å². The largest absolute Gasteiger partial charge is 0.351 e. The molecule has 5 rings (SSSR count). The highest BCUT2D eigenvalue weighted by Crippen LogP contribution is 2.26. The van der Waals surface area contributed by atoms with Crippen LogP contribution in [0.4, 0.5) is 11.9 Å². The van der Waals surface area contributed by atoms with E-state index in [1.54, 1.807) is 16.8 Å². The summed E-state index contributed by atoms with van der Waals surface area (Å²) in [6.07, 6.45) is 5.55. The number of amides is 2. The smallest absolute Gasteiger partial charge is 0.254 e. The number of imide groups is 1. The van der Waals surface area contributed by atoms with Crippen LogP contribution >= 0.6 is 0 Å². The molecule has 0 bridgehead atoms. The Morgan fingerprint density at radius 3 is 2.72 bits per heavy atom. The van der Waals surface area contributed by atoms with E-state index in [0.717, 1.165) is 18.4 Å². The zero-order valence-corrected chi connectivity index (χ0v) is 15.6. The van der Waals surface area contributed by atoms with Gasteiger partial charge >= 0.3 is 0 Å². The molecule has 1 saturated carbocycles. The molecule has 1 aliphatic carbocycles. The average Bonchev–Trinajstić information content (AvgIpc) is 3.36. The van der Waals surface area contributed by atoms with Crippen LogP contribution in [0.2, 0.25) is 0 Å². The van der Waals surface area contributed by atoms with E-state index in [1.807, 2.05) is 30.3 Å². The van der Waals surface area contributed by atoms with Gasteiger partial charge in [0.05, 0.1) is 12.6 Å². The molecule has 0 radical (unpaired) electrons. The Morgan fingerprint density at radius 1 is 1.17 bits per heavy atom. The Labute approximate surface area is 166 Å². The first kappa shape index (κ1) is 17.4. The van der Waals surface area contributed by atoms with E-state index < -0.39 is 0 Å². The number of benzene rings is 1. The third kappa shape index (κ3) is 3.66. The second kappa shape index (κ2) is 7.01. The molecule has 1 aromatic carbocycles. The molecule has 3 N–H and O–H groups in total. The summed E-state index contributed by atoms with van der Waals surface area (Å²) >= 11 is 0. The molecular weight excluding hydrogens is 370 g/mol. The van der Waals surface area contributed by atoms with Crippen LogP contribution in [0.3, 0.4) is 0 Å². The highest BCUT2D eigenvalue weighted by Gasteiger charge is 2.26. The molecule has 1 saturated heterocycles. The van der Waals surface area contributed by atoms with Gasteiger partial charge < -0.3 is 10.6 Å². The predicted molar refractivity (Wildman–Crippen MR) is 107 cm³/mol. The summed E-state index contributed by atoms with van der Waals surface area (Å²) in [6.45, 7) is 0.585. The minimum atomic E-state index is -0.373. The van der Waals surface area contributed by atoms with Gasteiger partial charge in [0.1, 0.15) is 0 Å². The minimum Gasteiger partial charge on any atom is -0.351 e. The number of aromatic nitrogens is 4. The summed E-state index contributed by atoms with van der Waals surface area (Å²) in [6, 6.07) is 10.4. The summed E-state index contributed by atoms with van der Waals surface area (Å²) in [5.74, 6) is 0.400. The molecule has 0 atom stereocenters. The van der Waals surface area contributed by atoms with E-state index in [-0.39, 0.29) is 18.2 Å². The number of nitrogens with zero attached hydrogens (tertiary/aromatic N) is 4. The van der Waals surface area contributed by atoms with E-state index in [2.05, 4.69) is 31.0 Å². The molecule has 9 heteroatoms. The normalized spacial score (nSPS) is 17.7. The monoisotopic (exact) mass is 389 g/mol. The maximum absolute atomic E-state index is 11.9. The maximum atomic E-state index is 11.9. The van der Waals surface area contributed by atoms with Crippen molar-refractivity contribution in [3.8, 4) is 0 Å². The minimum absolute atomic E-state index is 0.0630. The number of nitrogens with one attached hydrogen (secondary N) is 3. The van der Waals surface area contributed by atoms with Gasteiger partial charge in [-0.3, -0.25) is 14.9 Å². The third-order valence-corrected chi connectivity index (χ3v) is 4.82. The molecule has 2 fully saturated rings. The topological polar surface area (TPSA) is 113 Å². The van der Waals surface area contributed by atoms with Crippen LogP contribution in [0.1, 0.15) is 30.4 Å². The van der Waals surface area contributed by atoms with Crippen molar-refractivity contribution in [2.45, 2.75) is 31.8 Å². The first-order chi connectivity index (χ1) is 14.2. The fourth-order valence-electron chi connectivity index (χ4n) is 3.16. The zero-order chi connectivity index (χ0) is 19.8. The van der Waals surface area contributed by atoms with Crippen molar-refractivity contribution in [3.05, 3.63) is 53.2 Å². The molecule has 0 spiro atoms. The van der Waals surface area contributed by atoms with E-state index in [1.165, 1.54) is 0 Å². The fraction of sp³-hybridized carbons (Fsp3) is 0.250. The Kier molecular flexibility index (Phi) is 4.19. The first-order valence-corrected chi connectivity index (χ1v) is 9.50. The van der Waals surface area contributed by atoms with Gasteiger partial charge in [-0.05, 0) is 24.5 Å². The van der Waals surface area contributed by atoms with E-state index >= 15 is 0 Å². The van der Waals surface area contributed by atoms with Gasteiger partial charge in [0.25, 0.3) is 5.91 Å². The molecule has 29 heavy (non-hydrogen) atoms. The number of hydrogen-bond donors (Lipinski definition) is 3. The van der Waals surface area contributed by atoms with Crippen LogP contribution in [-0.2, 0) is 16.1 Å². The second-order valence-corrected chi connectivity index (χ2v) is 7.19. The molecule has 3 aromatic rings. The molecule has 0 unspecified atom stereocenters. The van der Waals surface area contributed by atoms with Crippen molar-refractivity contribution in [2.75, 3.05) is 10.6 Å². The van der Waals surface area contributed by atoms with E-state index in [4.69, 9.17) is 0 Å². The van der Waals surface area contributed by atoms with Gasteiger partial charge in [-0.1, -0.05) is 30.3 Å². The number of carbonyl (C=O) groups excluding carboxylic acids is 2. The Hall–Kier alpha value is -3.75. The van der Waals surface area contributed by atoms with Gasteiger partial charge in [0, 0.05) is 23.7 Å². The summed E-state index contributed by atoms with van der Waals surface area (Å²) in [4.78, 5) is 32.6. The van der Waals surface area contributed by atoms with Crippen LogP contribution in [0.15, 0.2) is 42.1 Å². The highest BCUT2D eigenvalue weighted by atomic mass is 16.2. The molecule has 1 aliphatic heterocycles. The zero-order valence-electron chi connectivity index (χ0n) is 15.6. The predicted octanol–water partition coefficient (Wildman–Crippen LogP) is 1.74. The van der Waals surface area contributed by atoms with Crippen LogP contribution in [0.25, 0.3) is 11.7 Å². The highest BCUT2D eigenvalue weighted by molar-refractivity contribution is 6.15. The van der Waals surface area contributed by atoms with Gasteiger partial charge in [0.15, 0.2) is 5.65 Å². The van der Waals surface area contributed by atoms with Gasteiger partial charge in [-0.15, -0.1) is 0 Å². The van der Waals surface area contributed by atoms with Crippen molar-refractivity contribution >= 4 is 35.4 Å². The van der Waals surface area contributed by atoms with Crippen LogP contribution in [0.5, 0.6) is 0 Å². The summed E-state index contributed by atoms with van der Waals surface area (Å²) < 4.78 is 1.63. The Bertz CT molecular complexity index is 1130. The van der Waals surface area contributed by atoms with Crippen molar-refractivity contribution in [2.24, 2.45) is 0 Å². The lowest BCUT2D eigenvalue weighted by Crippen LogP contribution is -2.19. The van der Waals surface area contributed by atoms with Crippen LogP contribution < -0.4 is 16.0 Å². The number of carbonyl (C=O) groups is 2.